The second-order valence-corrected chi connectivity index (χ2v) is 7.52. The molecule has 1 aliphatic heterocycles. The zero-order valence-electron chi connectivity index (χ0n) is 14.5. The third kappa shape index (κ3) is 4.68. The van der Waals surface area contributed by atoms with Crippen LogP contribution in [-0.2, 0) is 14.3 Å². The molecular weight excluding hydrogens is 292 g/mol. The van der Waals surface area contributed by atoms with Gasteiger partial charge in [-0.15, -0.1) is 0 Å². The van der Waals surface area contributed by atoms with E-state index in [1.807, 2.05) is 6.92 Å². The minimum Gasteiger partial charge on any atom is -0.379 e. The molecule has 3 aliphatic rings. The number of morpholine rings is 1. The quantitative estimate of drug-likeness (QED) is 0.778. The first kappa shape index (κ1) is 17.2. The number of amides is 1. The van der Waals surface area contributed by atoms with Crippen LogP contribution in [0.4, 0.5) is 0 Å². The van der Waals surface area contributed by atoms with Gasteiger partial charge in [-0.2, -0.15) is 0 Å². The second-order valence-electron chi connectivity index (χ2n) is 7.52. The lowest BCUT2D eigenvalue weighted by Crippen LogP contribution is -2.60. The molecule has 3 rings (SSSR count). The van der Waals surface area contributed by atoms with Crippen molar-refractivity contribution in [2.45, 2.75) is 63.5 Å². The first-order valence-corrected chi connectivity index (χ1v) is 9.42. The molecular formula is C18H32N2O3. The molecule has 5 heteroatoms. The summed E-state index contributed by atoms with van der Waals surface area (Å²) in [5.74, 6) is 0.743. The van der Waals surface area contributed by atoms with E-state index < -0.39 is 0 Å². The van der Waals surface area contributed by atoms with Gasteiger partial charge in [-0.1, -0.05) is 19.3 Å². The third-order valence-electron chi connectivity index (χ3n) is 5.71. The van der Waals surface area contributed by atoms with E-state index in [1.165, 1.54) is 44.9 Å². The molecule has 132 valence electrons. The van der Waals surface area contributed by atoms with Gasteiger partial charge in [0.25, 0.3) is 0 Å². The van der Waals surface area contributed by atoms with Crippen LogP contribution < -0.4 is 5.32 Å². The van der Waals surface area contributed by atoms with Crippen molar-refractivity contribution in [1.82, 2.24) is 10.2 Å². The van der Waals surface area contributed by atoms with Crippen LogP contribution in [0.2, 0.25) is 0 Å². The lowest BCUT2D eigenvalue weighted by Gasteiger charge is -2.48. The highest BCUT2D eigenvalue weighted by atomic mass is 16.5. The lowest BCUT2D eigenvalue weighted by molar-refractivity contribution is -0.133. The Bertz CT molecular complexity index is 386. The van der Waals surface area contributed by atoms with E-state index in [-0.39, 0.29) is 17.6 Å². The Kier molecular flexibility index (Phi) is 5.94. The molecule has 0 bridgehead atoms. The number of nitrogens with one attached hydrogen (secondary N) is 1. The van der Waals surface area contributed by atoms with Crippen molar-refractivity contribution < 1.29 is 14.3 Å². The molecule has 2 saturated carbocycles. The third-order valence-corrected chi connectivity index (χ3v) is 5.71. The van der Waals surface area contributed by atoms with E-state index in [0.717, 1.165) is 39.5 Å². The first-order chi connectivity index (χ1) is 11.2. The number of hydrogen-bond acceptors (Lipinski definition) is 4. The van der Waals surface area contributed by atoms with Crippen LogP contribution in [-0.4, -0.2) is 61.9 Å². The summed E-state index contributed by atoms with van der Waals surface area (Å²) in [5.41, 5.74) is 0.133. The van der Waals surface area contributed by atoms with Crippen LogP contribution in [0, 0.1) is 5.92 Å². The highest BCUT2D eigenvalue weighted by Crippen LogP contribution is 2.34. The predicted molar refractivity (Wildman–Crippen MR) is 89.4 cm³/mol. The molecule has 1 saturated heterocycles. The fourth-order valence-corrected chi connectivity index (χ4v) is 3.89. The lowest BCUT2D eigenvalue weighted by atomic mass is 9.79. The number of hydrogen-bond donors (Lipinski definition) is 1. The molecule has 1 heterocycles. The molecule has 0 aromatic carbocycles. The van der Waals surface area contributed by atoms with E-state index in [0.29, 0.717) is 5.92 Å². The van der Waals surface area contributed by atoms with Gasteiger partial charge in [-0.3, -0.25) is 9.69 Å². The van der Waals surface area contributed by atoms with Crippen molar-refractivity contribution >= 4 is 5.91 Å². The second kappa shape index (κ2) is 7.95. The maximum Gasteiger partial charge on any atom is 0.248 e. The highest BCUT2D eigenvalue weighted by Gasteiger charge is 2.39. The van der Waals surface area contributed by atoms with E-state index in [2.05, 4.69) is 10.2 Å². The predicted octanol–water partition coefficient (Wildman–Crippen LogP) is 1.95. The molecule has 5 nitrogen and oxygen atoms in total. The van der Waals surface area contributed by atoms with Gasteiger partial charge in [0, 0.05) is 25.2 Å². The average molecular weight is 324 g/mol. The largest absolute Gasteiger partial charge is 0.379 e. The zero-order valence-corrected chi connectivity index (χ0v) is 14.5. The van der Waals surface area contributed by atoms with Crippen LogP contribution >= 0.6 is 0 Å². The minimum atomic E-state index is -0.332. The molecule has 0 radical (unpaired) electrons. The summed E-state index contributed by atoms with van der Waals surface area (Å²) in [6, 6.07) is 0. The van der Waals surface area contributed by atoms with Crippen molar-refractivity contribution in [1.29, 1.82) is 0 Å². The van der Waals surface area contributed by atoms with E-state index in [1.54, 1.807) is 0 Å². The summed E-state index contributed by atoms with van der Waals surface area (Å²) < 4.78 is 11.2. The Labute approximate surface area is 140 Å². The summed E-state index contributed by atoms with van der Waals surface area (Å²) in [6.07, 6.45) is 8.40. The monoisotopic (exact) mass is 324 g/mol. The Morgan fingerprint density at radius 2 is 1.96 bits per heavy atom. The maximum atomic E-state index is 12.4. The van der Waals surface area contributed by atoms with Gasteiger partial charge in [0.15, 0.2) is 0 Å². The van der Waals surface area contributed by atoms with E-state index in [4.69, 9.17) is 9.47 Å². The Balaban J connectivity index is 1.51. The van der Waals surface area contributed by atoms with Crippen molar-refractivity contribution in [3.63, 3.8) is 0 Å². The Hall–Kier alpha value is -0.650. The fourth-order valence-electron chi connectivity index (χ4n) is 3.89. The molecule has 23 heavy (non-hydrogen) atoms. The number of nitrogens with zero attached hydrogens (tertiary/aromatic N) is 1. The van der Waals surface area contributed by atoms with E-state index >= 15 is 0 Å². The van der Waals surface area contributed by atoms with Crippen LogP contribution in [0.5, 0.6) is 0 Å². The van der Waals surface area contributed by atoms with Crippen molar-refractivity contribution in [3.05, 3.63) is 0 Å². The van der Waals surface area contributed by atoms with Gasteiger partial charge in [-0.05, 0) is 38.5 Å². The van der Waals surface area contributed by atoms with Gasteiger partial charge in [0.1, 0.15) is 6.10 Å². The Morgan fingerprint density at radius 3 is 2.61 bits per heavy atom. The normalized spacial score (nSPS) is 26.7. The molecule has 1 atom stereocenters. The van der Waals surface area contributed by atoms with Crippen LogP contribution in [0.3, 0.4) is 0 Å². The SMILES string of the molecule is CC(OCC1CC1)C(=O)NCC1(N2CCOCC2)CCCCC1. The summed E-state index contributed by atoms with van der Waals surface area (Å²) in [7, 11) is 0. The molecule has 2 aliphatic carbocycles. The first-order valence-electron chi connectivity index (χ1n) is 9.42. The van der Waals surface area contributed by atoms with Gasteiger partial charge in [0.05, 0.1) is 19.8 Å². The molecule has 1 N–H and O–H groups in total. The van der Waals surface area contributed by atoms with Crippen LogP contribution in [0.1, 0.15) is 51.9 Å². The molecule has 0 aromatic heterocycles. The summed E-state index contributed by atoms with van der Waals surface area (Å²) >= 11 is 0. The fraction of sp³-hybridized carbons (Fsp3) is 0.944. The van der Waals surface area contributed by atoms with Crippen molar-refractivity contribution in [3.8, 4) is 0 Å². The molecule has 0 spiro atoms. The number of carbonyl (C=O) groups is 1. The summed E-state index contributed by atoms with van der Waals surface area (Å²) in [5, 5.41) is 3.19. The minimum absolute atomic E-state index is 0.0452. The van der Waals surface area contributed by atoms with Gasteiger partial charge >= 0.3 is 0 Å². The zero-order chi connectivity index (χ0) is 16.1. The molecule has 1 unspecified atom stereocenters. The molecule has 1 amide bonds. The number of ether oxygens (including phenoxy) is 2. The van der Waals surface area contributed by atoms with Crippen LogP contribution in [0.25, 0.3) is 0 Å². The topological polar surface area (TPSA) is 50.8 Å². The number of carbonyl (C=O) groups excluding carboxylic acids is 1. The van der Waals surface area contributed by atoms with Crippen molar-refractivity contribution in [2.75, 3.05) is 39.5 Å². The average Bonchev–Trinajstić information content (AvgIpc) is 3.43. The smallest absolute Gasteiger partial charge is 0.248 e. The molecule has 3 fully saturated rings. The number of rotatable bonds is 7. The van der Waals surface area contributed by atoms with Gasteiger partial charge in [0.2, 0.25) is 5.91 Å². The summed E-state index contributed by atoms with van der Waals surface area (Å²) in [4.78, 5) is 14.9. The standard InChI is InChI=1S/C18H32N2O3/c1-15(23-13-16-5-6-16)17(21)19-14-18(7-3-2-4-8-18)20-9-11-22-12-10-20/h15-16H,2-14H2,1H3,(H,19,21). The highest BCUT2D eigenvalue weighted by molar-refractivity contribution is 5.80. The Morgan fingerprint density at radius 1 is 1.26 bits per heavy atom. The summed E-state index contributed by atoms with van der Waals surface area (Å²) in [6.45, 7) is 6.98. The maximum absolute atomic E-state index is 12.4. The van der Waals surface area contributed by atoms with Gasteiger partial charge < -0.3 is 14.8 Å². The molecule has 0 aromatic rings. The van der Waals surface area contributed by atoms with Crippen molar-refractivity contribution in [2.24, 2.45) is 5.92 Å². The van der Waals surface area contributed by atoms with Gasteiger partial charge in [-0.25, -0.2) is 0 Å². The van der Waals surface area contributed by atoms with E-state index in [9.17, 15) is 4.79 Å². The van der Waals surface area contributed by atoms with Crippen LogP contribution in [0.15, 0.2) is 0 Å².